The van der Waals surface area contributed by atoms with Gasteiger partial charge in [0.05, 0.1) is 30.9 Å². The van der Waals surface area contributed by atoms with E-state index >= 15 is 0 Å². The lowest BCUT2D eigenvalue weighted by atomic mass is 9.83. The van der Waals surface area contributed by atoms with Crippen molar-refractivity contribution in [3.63, 3.8) is 0 Å². The molecule has 8 heteroatoms. The normalized spacial score (nSPS) is 12.2. The topological polar surface area (TPSA) is 101 Å². The molecular formula is C25H29N3O4S. The average molecular weight is 468 g/mol. The number of sulfonamides is 1. The minimum absolute atomic E-state index is 0.148. The summed E-state index contributed by atoms with van der Waals surface area (Å²) >= 11 is 0. The Bertz CT molecular complexity index is 1350. The Kier molecular flexibility index (Phi) is 6.78. The Labute approximate surface area is 194 Å². The summed E-state index contributed by atoms with van der Waals surface area (Å²) < 4.78 is 30.9. The second-order valence-electron chi connectivity index (χ2n) is 8.96. The fourth-order valence-electron chi connectivity index (χ4n) is 3.47. The van der Waals surface area contributed by atoms with Crippen LogP contribution in [0.15, 0.2) is 47.4 Å². The van der Waals surface area contributed by atoms with Crippen LogP contribution >= 0.6 is 0 Å². The van der Waals surface area contributed by atoms with Gasteiger partial charge in [0.25, 0.3) is 5.56 Å². The maximum absolute atomic E-state index is 12.6. The van der Waals surface area contributed by atoms with Crippen LogP contribution in [0.25, 0.3) is 23.3 Å². The summed E-state index contributed by atoms with van der Waals surface area (Å²) in [6.45, 7) is 8.13. The first-order valence-corrected chi connectivity index (χ1v) is 12.3. The van der Waals surface area contributed by atoms with Gasteiger partial charge in [0.15, 0.2) is 0 Å². The van der Waals surface area contributed by atoms with Crippen LogP contribution in [0.4, 0.5) is 5.69 Å². The molecule has 0 aliphatic carbocycles. The van der Waals surface area contributed by atoms with Crippen molar-refractivity contribution < 1.29 is 13.2 Å². The Morgan fingerprint density at radius 1 is 1.09 bits per heavy atom. The van der Waals surface area contributed by atoms with Crippen molar-refractivity contribution in [2.45, 2.75) is 33.1 Å². The lowest BCUT2D eigenvalue weighted by molar-refractivity contribution is 0.397. The van der Waals surface area contributed by atoms with E-state index in [-0.39, 0.29) is 11.0 Å². The number of benzene rings is 1. The summed E-state index contributed by atoms with van der Waals surface area (Å²) in [5, 5.41) is 0. The first-order valence-electron chi connectivity index (χ1n) is 10.4. The lowest BCUT2D eigenvalue weighted by Gasteiger charge is -2.24. The molecule has 2 N–H and O–H groups in total. The van der Waals surface area contributed by atoms with Crippen LogP contribution in [-0.2, 0) is 15.4 Å². The standard InChI is InChI=1S/C25H29N3O4S/c1-16-7-12-21(24(29)27-16)18-13-17(23(32-5)22(14-18)25(2,3)4)8-9-19-10-11-20(15-26-19)28-33(6,30)31/h7-15,28H,1-6H3,(H,27,29). The second-order valence-corrected chi connectivity index (χ2v) is 10.7. The van der Waals surface area contributed by atoms with Gasteiger partial charge >= 0.3 is 0 Å². The van der Waals surface area contributed by atoms with Gasteiger partial charge in [-0.2, -0.15) is 0 Å². The SMILES string of the molecule is COc1c(C=Cc2ccc(NS(C)(=O)=O)cn2)cc(-c2ccc(C)[nH]c2=O)cc1C(C)(C)C. The maximum Gasteiger partial charge on any atom is 0.256 e. The minimum Gasteiger partial charge on any atom is -0.496 e. The van der Waals surface area contributed by atoms with Crippen LogP contribution in [0.5, 0.6) is 5.75 Å². The highest BCUT2D eigenvalue weighted by Gasteiger charge is 2.22. The molecule has 0 aliphatic rings. The number of ether oxygens (including phenoxy) is 1. The van der Waals surface area contributed by atoms with Crippen LogP contribution in [0, 0.1) is 6.92 Å². The van der Waals surface area contributed by atoms with Crippen LogP contribution in [0.3, 0.4) is 0 Å². The van der Waals surface area contributed by atoms with Crippen LogP contribution in [0.1, 0.15) is 43.3 Å². The molecule has 3 rings (SSSR count). The molecule has 0 fully saturated rings. The highest BCUT2D eigenvalue weighted by Crippen LogP contribution is 2.38. The number of anilines is 1. The summed E-state index contributed by atoms with van der Waals surface area (Å²) in [6, 6.07) is 11.0. The van der Waals surface area contributed by atoms with Crippen molar-refractivity contribution in [1.29, 1.82) is 0 Å². The summed E-state index contributed by atoms with van der Waals surface area (Å²) in [4.78, 5) is 19.8. The van der Waals surface area contributed by atoms with E-state index < -0.39 is 10.0 Å². The van der Waals surface area contributed by atoms with E-state index in [0.717, 1.165) is 34.4 Å². The summed E-state index contributed by atoms with van der Waals surface area (Å²) in [5.41, 5.74) is 4.62. The first kappa shape index (κ1) is 24.3. The number of nitrogens with one attached hydrogen (secondary N) is 2. The number of hydrogen-bond acceptors (Lipinski definition) is 5. The number of nitrogens with zero attached hydrogens (tertiary/aromatic N) is 1. The molecule has 0 atom stereocenters. The van der Waals surface area contributed by atoms with Gasteiger partial charge in [0.2, 0.25) is 10.0 Å². The fraction of sp³-hybridized carbons (Fsp3) is 0.280. The second kappa shape index (κ2) is 9.23. The highest BCUT2D eigenvalue weighted by molar-refractivity contribution is 7.92. The Balaban J connectivity index is 2.09. The van der Waals surface area contributed by atoms with Crippen molar-refractivity contribution in [3.05, 3.63) is 75.5 Å². The molecule has 2 aromatic heterocycles. The van der Waals surface area contributed by atoms with Gasteiger partial charge < -0.3 is 9.72 Å². The van der Waals surface area contributed by atoms with Gasteiger partial charge in [0.1, 0.15) is 5.75 Å². The molecule has 1 aromatic carbocycles. The Hall–Kier alpha value is -3.39. The predicted molar refractivity (Wildman–Crippen MR) is 134 cm³/mol. The van der Waals surface area contributed by atoms with Crippen molar-refractivity contribution in [2.24, 2.45) is 0 Å². The van der Waals surface area contributed by atoms with Crippen molar-refractivity contribution in [2.75, 3.05) is 18.1 Å². The number of H-pyrrole nitrogens is 1. The largest absolute Gasteiger partial charge is 0.496 e. The predicted octanol–water partition coefficient (Wildman–Crippen LogP) is 4.59. The zero-order chi connectivity index (χ0) is 24.4. The molecular weight excluding hydrogens is 438 g/mol. The third kappa shape index (κ3) is 6.10. The van der Waals surface area contributed by atoms with E-state index in [0.29, 0.717) is 16.9 Å². The number of pyridine rings is 2. The number of hydrogen-bond donors (Lipinski definition) is 2. The summed E-state index contributed by atoms with van der Waals surface area (Å²) in [6.07, 6.45) is 6.25. The molecule has 2 heterocycles. The molecule has 0 saturated carbocycles. The Morgan fingerprint density at radius 2 is 1.82 bits per heavy atom. The summed E-state index contributed by atoms with van der Waals surface area (Å²) in [5.74, 6) is 0.724. The van der Waals surface area contributed by atoms with Crippen molar-refractivity contribution in [1.82, 2.24) is 9.97 Å². The smallest absolute Gasteiger partial charge is 0.256 e. The molecule has 0 aliphatic heterocycles. The highest BCUT2D eigenvalue weighted by atomic mass is 32.2. The third-order valence-corrected chi connectivity index (χ3v) is 5.63. The molecule has 0 amide bonds. The summed E-state index contributed by atoms with van der Waals surface area (Å²) in [7, 11) is -1.73. The van der Waals surface area contributed by atoms with E-state index in [4.69, 9.17) is 4.74 Å². The van der Waals surface area contributed by atoms with Gasteiger partial charge in [-0.25, -0.2) is 8.42 Å². The van der Waals surface area contributed by atoms with Gasteiger partial charge in [-0.05, 0) is 66.5 Å². The molecule has 174 valence electrons. The number of aryl methyl sites for hydroxylation is 1. The third-order valence-electron chi connectivity index (χ3n) is 5.02. The lowest BCUT2D eigenvalue weighted by Crippen LogP contribution is -2.15. The molecule has 0 bridgehead atoms. The van der Waals surface area contributed by atoms with Crippen molar-refractivity contribution in [3.8, 4) is 16.9 Å². The minimum atomic E-state index is -3.36. The maximum atomic E-state index is 12.6. The molecule has 0 spiro atoms. The van der Waals surface area contributed by atoms with Gasteiger partial charge in [-0.15, -0.1) is 0 Å². The number of aromatic nitrogens is 2. The molecule has 0 saturated heterocycles. The quantitative estimate of drug-likeness (QED) is 0.552. The van der Waals surface area contributed by atoms with E-state index in [1.165, 1.54) is 6.20 Å². The number of rotatable bonds is 6. The molecule has 3 aromatic rings. The first-order chi connectivity index (χ1) is 15.4. The number of aromatic amines is 1. The van der Waals surface area contributed by atoms with Gasteiger partial charge in [0, 0.05) is 22.4 Å². The van der Waals surface area contributed by atoms with Gasteiger partial charge in [-0.1, -0.05) is 20.8 Å². The van der Waals surface area contributed by atoms with E-state index in [1.807, 2.05) is 43.3 Å². The van der Waals surface area contributed by atoms with Crippen LogP contribution in [-0.4, -0.2) is 31.8 Å². The van der Waals surface area contributed by atoms with Crippen molar-refractivity contribution >= 4 is 27.9 Å². The van der Waals surface area contributed by atoms with E-state index in [2.05, 4.69) is 35.5 Å². The fourth-order valence-corrected chi connectivity index (χ4v) is 4.02. The average Bonchev–Trinajstić information content (AvgIpc) is 2.71. The monoisotopic (exact) mass is 467 g/mol. The Morgan fingerprint density at radius 3 is 2.36 bits per heavy atom. The van der Waals surface area contributed by atoms with Crippen LogP contribution < -0.4 is 15.0 Å². The zero-order valence-corrected chi connectivity index (χ0v) is 20.5. The van der Waals surface area contributed by atoms with Crippen LogP contribution in [0.2, 0.25) is 0 Å². The molecule has 7 nitrogen and oxygen atoms in total. The number of methoxy groups -OCH3 is 1. The zero-order valence-electron chi connectivity index (χ0n) is 19.7. The molecule has 0 unspecified atom stereocenters. The van der Waals surface area contributed by atoms with E-state index in [9.17, 15) is 13.2 Å². The van der Waals surface area contributed by atoms with E-state index in [1.54, 1.807) is 19.2 Å². The molecule has 0 radical (unpaired) electrons. The van der Waals surface area contributed by atoms with Gasteiger partial charge in [-0.3, -0.25) is 14.5 Å². The molecule has 33 heavy (non-hydrogen) atoms.